The second-order valence-corrected chi connectivity index (χ2v) is 8.09. The van der Waals surface area contributed by atoms with Crippen LogP contribution >= 0.6 is 0 Å². The van der Waals surface area contributed by atoms with Crippen molar-refractivity contribution in [2.24, 2.45) is 23.2 Å². The first kappa shape index (κ1) is 16.8. The van der Waals surface area contributed by atoms with Crippen molar-refractivity contribution in [3.8, 4) is 0 Å². The lowest BCUT2D eigenvalue weighted by molar-refractivity contribution is -0.138. The van der Waals surface area contributed by atoms with E-state index in [9.17, 15) is 9.59 Å². The number of carbonyl (C=O) groups excluding carboxylic acids is 2. The zero-order valence-electron chi connectivity index (χ0n) is 17.8. The van der Waals surface area contributed by atoms with Crippen LogP contribution in [0.1, 0.15) is 47.6 Å². The minimum Gasteiger partial charge on any atom is -0.383 e. The summed E-state index contributed by atoms with van der Waals surface area (Å²) in [5.74, 6) is 0.710. The maximum absolute atomic E-state index is 12.7. The predicted molar refractivity (Wildman–Crippen MR) is 95.2 cm³/mol. The van der Waals surface area contributed by atoms with Gasteiger partial charge in [0.15, 0.2) is 0 Å². The highest BCUT2D eigenvalue weighted by molar-refractivity contribution is 5.78. The van der Waals surface area contributed by atoms with Gasteiger partial charge in [-0.05, 0) is 61.7 Å². The van der Waals surface area contributed by atoms with E-state index in [1.807, 2.05) is 0 Å². The molecule has 4 bridgehead atoms. The van der Waals surface area contributed by atoms with E-state index in [0.29, 0.717) is 31.0 Å². The van der Waals surface area contributed by atoms with Crippen LogP contribution in [0.3, 0.4) is 0 Å². The monoisotopic (exact) mass is 370 g/mol. The lowest BCUT2D eigenvalue weighted by Crippen LogP contribution is -2.48. The average molecular weight is 370 g/mol. The normalized spacial score (nSPS) is 33.4. The van der Waals surface area contributed by atoms with Crippen LogP contribution in [-0.2, 0) is 19.1 Å². The number of carbonyl (C=O) groups is 2. The molecule has 0 aromatic heterocycles. The Labute approximate surface area is 158 Å². The van der Waals surface area contributed by atoms with Crippen LogP contribution < -0.4 is 5.48 Å². The van der Waals surface area contributed by atoms with Gasteiger partial charge in [0.2, 0.25) is 0 Å². The Morgan fingerprint density at radius 1 is 1.04 bits per heavy atom. The summed E-state index contributed by atoms with van der Waals surface area (Å²) in [6.07, 6.45) is 2.94. The first-order valence-corrected chi connectivity index (χ1v) is 9.55. The molecule has 26 heavy (non-hydrogen) atoms. The molecule has 0 aliphatic heterocycles. The number of methoxy groups -OCH3 is 2. The Morgan fingerprint density at radius 2 is 1.54 bits per heavy atom. The van der Waals surface area contributed by atoms with Crippen LogP contribution in [0.15, 0.2) is 0 Å². The number of amides is 2. The highest BCUT2D eigenvalue weighted by atomic mass is 16.7. The quantitative estimate of drug-likeness (QED) is 0.664. The maximum atomic E-state index is 12.7. The lowest BCUT2D eigenvalue weighted by Gasteiger charge is -2.56. The zero-order valence-corrected chi connectivity index (χ0v) is 15.8. The van der Waals surface area contributed by atoms with Crippen LogP contribution in [0.25, 0.3) is 0 Å². The topological polar surface area (TPSA) is 77.1 Å². The van der Waals surface area contributed by atoms with Gasteiger partial charge in [-0.15, -0.1) is 0 Å². The Hall–Kier alpha value is -1.34. The van der Waals surface area contributed by atoms with Crippen molar-refractivity contribution >= 4 is 12.0 Å². The summed E-state index contributed by atoms with van der Waals surface area (Å²) >= 11 is 0. The molecule has 0 heterocycles. The lowest BCUT2D eigenvalue weighted by atomic mass is 9.49. The van der Waals surface area contributed by atoms with Crippen molar-refractivity contribution in [3.05, 3.63) is 0 Å². The van der Waals surface area contributed by atoms with Gasteiger partial charge in [-0.1, -0.05) is 0 Å². The third-order valence-electron chi connectivity index (χ3n) is 6.04. The SMILES string of the molecule is [2H]C([2H])(C(=O)NOC(=O)N(CCOC)CCOC)C12CC3CC(CC(C3)C1)C2. The number of hydroxylamine groups is 1. The molecule has 1 N–H and O–H groups in total. The van der Waals surface area contributed by atoms with Crippen molar-refractivity contribution in [2.45, 2.75) is 44.9 Å². The van der Waals surface area contributed by atoms with Gasteiger partial charge in [-0.3, -0.25) is 4.79 Å². The molecule has 0 unspecified atom stereocenters. The Morgan fingerprint density at radius 3 is 2.00 bits per heavy atom. The molecule has 4 aliphatic carbocycles. The number of hydrogen-bond acceptors (Lipinski definition) is 5. The first-order valence-electron chi connectivity index (χ1n) is 10.6. The maximum Gasteiger partial charge on any atom is 0.434 e. The van der Waals surface area contributed by atoms with Crippen LogP contribution in [0.5, 0.6) is 0 Å². The smallest absolute Gasteiger partial charge is 0.383 e. The largest absolute Gasteiger partial charge is 0.434 e. The van der Waals surface area contributed by atoms with Crippen LogP contribution in [0.4, 0.5) is 4.79 Å². The van der Waals surface area contributed by atoms with Crippen molar-refractivity contribution in [2.75, 3.05) is 40.5 Å². The van der Waals surface area contributed by atoms with E-state index in [-0.39, 0.29) is 13.1 Å². The molecular formula is C19H32N2O5. The van der Waals surface area contributed by atoms with E-state index < -0.39 is 23.8 Å². The third kappa shape index (κ3) is 4.68. The van der Waals surface area contributed by atoms with Crippen molar-refractivity contribution in [3.63, 3.8) is 0 Å². The molecule has 0 aromatic rings. The molecule has 4 rings (SSSR count). The summed E-state index contributed by atoms with van der Waals surface area (Å²) in [4.78, 5) is 31.3. The number of rotatable bonds is 8. The highest BCUT2D eigenvalue weighted by Crippen LogP contribution is 2.61. The zero-order chi connectivity index (χ0) is 20.4. The fourth-order valence-electron chi connectivity index (χ4n) is 5.38. The van der Waals surface area contributed by atoms with Gasteiger partial charge in [0.05, 0.1) is 13.2 Å². The number of hydrogen-bond donors (Lipinski definition) is 1. The minimum absolute atomic E-state index is 0.288. The molecule has 4 fully saturated rings. The van der Waals surface area contributed by atoms with Gasteiger partial charge in [-0.25, -0.2) is 4.79 Å². The summed E-state index contributed by atoms with van der Waals surface area (Å²) in [7, 11) is 3.06. The molecule has 7 heteroatoms. The molecule has 0 spiro atoms. The molecule has 148 valence electrons. The van der Waals surface area contributed by atoms with Gasteiger partial charge >= 0.3 is 6.09 Å². The Kier molecular flexibility index (Phi) is 5.54. The van der Waals surface area contributed by atoms with Gasteiger partial charge < -0.3 is 19.2 Å². The van der Waals surface area contributed by atoms with Gasteiger partial charge in [-0.2, -0.15) is 5.48 Å². The molecule has 0 atom stereocenters. The fourth-order valence-corrected chi connectivity index (χ4v) is 5.38. The molecule has 0 saturated heterocycles. The molecule has 7 nitrogen and oxygen atoms in total. The Balaban J connectivity index is 1.59. The minimum atomic E-state index is -2.06. The molecule has 4 saturated carbocycles. The van der Waals surface area contributed by atoms with E-state index in [1.54, 1.807) is 0 Å². The first-order chi connectivity index (χ1) is 13.3. The second-order valence-electron chi connectivity index (χ2n) is 8.09. The van der Waals surface area contributed by atoms with E-state index in [1.165, 1.54) is 38.4 Å². The number of nitrogens with zero attached hydrogens (tertiary/aromatic N) is 1. The van der Waals surface area contributed by atoms with E-state index in [4.69, 9.17) is 17.1 Å². The summed E-state index contributed by atoms with van der Waals surface area (Å²) < 4.78 is 27.1. The van der Waals surface area contributed by atoms with Crippen LogP contribution in [0, 0.1) is 23.2 Å². The van der Waals surface area contributed by atoms with E-state index in [2.05, 4.69) is 5.48 Å². The van der Waals surface area contributed by atoms with Gasteiger partial charge in [0, 0.05) is 36.4 Å². The predicted octanol–water partition coefficient (Wildman–Crippen LogP) is 2.36. The van der Waals surface area contributed by atoms with E-state index in [0.717, 1.165) is 19.3 Å². The van der Waals surface area contributed by atoms with Crippen molar-refractivity contribution < 1.29 is 26.6 Å². The van der Waals surface area contributed by atoms with E-state index >= 15 is 0 Å². The molecule has 0 radical (unpaired) electrons. The van der Waals surface area contributed by atoms with Crippen LogP contribution in [0.2, 0.25) is 0 Å². The Bertz CT molecular complexity index is 543. The van der Waals surface area contributed by atoms with Gasteiger partial charge in [0.1, 0.15) is 0 Å². The summed E-state index contributed by atoms with van der Waals surface area (Å²) in [5.41, 5.74) is 1.46. The van der Waals surface area contributed by atoms with Crippen molar-refractivity contribution in [1.82, 2.24) is 10.4 Å². The average Bonchev–Trinajstić information content (AvgIpc) is 2.64. The summed E-state index contributed by atoms with van der Waals surface area (Å²) in [5, 5.41) is 0. The third-order valence-corrected chi connectivity index (χ3v) is 6.04. The van der Waals surface area contributed by atoms with Gasteiger partial charge in [0.25, 0.3) is 5.91 Å². The fraction of sp³-hybridized carbons (Fsp3) is 0.895. The highest BCUT2D eigenvalue weighted by Gasteiger charge is 2.51. The van der Waals surface area contributed by atoms with Crippen molar-refractivity contribution in [1.29, 1.82) is 0 Å². The number of nitrogens with one attached hydrogen (secondary N) is 1. The molecule has 4 aliphatic rings. The summed E-state index contributed by atoms with van der Waals surface area (Å²) in [6, 6.07) is 0. The van der Waals surface area contributed by atoms with Crippen LogP contribution in [-0.4, -0.2) is 57.4 Å². The molecule has 0 aromatic carbocycles. The summed E-state index contributed by atoms with van der Waals surface area (Å²) in [6.45, 7) is 1.22. The standard InChI is InChI=1S/C19H32N2O5/c1-24-5-3-21(4-6-25-2)18(23)26-20-17(22)13-19-10-14-7-15(11-19)9-16(8-14)12-19/h14-16H,3-13H2,1-2H3,(H,20,22)/i13D2. The number of ether oxygens (including phenoxy) is 2. The molecular weight excluding hydrogens is 336 g/mol. The second kappa shape index (κ2) is 8.57. The molecule has 2 amide bonds.